The van der Waals surface area contributed by atoms with E-state index >= 15 is 0 Å². The van der Waals surface area contributed by atoms with Crippen LogP contribution < -0.4 is 5.73 Å². The van der Waals surface area contributed by atoms with Crippen molar-refractivity contribution in [1.29, 1.82) is 0 Å². The lowest BCUT2D eigenvalue weighted by atomic mass is 10.0. The maximum atomic E-state index is 6.13. The largest absolute Gasteiger partial charge is 0.398 e. The Morgan fingerprint density at radius 3 is 2.50 bits per heavy atom. The smallest absolute Gasteiger partial charge is 0.0420 e. The number of allylic oxidation sites excluding steroid dienone is 5. The van der Waals surface area contributed by atoms with Crippen molar-refractivity contribution in [2.24, 2.45) is 5.73 Å². The molecule has 0 aliphatic carbocycles. The summed E-state index contributed by atoms with van der Waals surface area (Å²) in [4.78, 5) is 0. The van der Waals surface area contributed by atoms with E-state index in [0.29, 0.717) is 0 Å². The highest BCUT2D eigenvalue weighted by Gasteiger charge is 2.01. The minimum Gasteiger partial charge on any atom is -0.398 e. The molecule has 0 spiro atoms. The molecule has 16 heavy (non-hydrogen) atoms. The molecule has 0 heterocycles. The van der Waals surface area contributed by atoms with Gasteiger partial charge in [0.25, 0.3) is 0 Å². The fraction of sp³-hybridized carbons (Fsp3) is 0.200. The fourth-order valence-corrected chi connectivity index (χ4v) is 1.49. The van der Waals surface area contributed by atoms with Crippen molar-refractivity contribution in [3.63, 3.8) is 0 Å². The normalized spacial score (nSPS) is 13.4. The van der Waals surface area contributed by atoms with Crippen molar-refractivity contribution in [3.8, 4) is 0 Å². The van der Waals surface area contributed by atoms with Crippen LogP contribution in [0, 0.1) is 6.92 Å². The Balaban J connectivity index is 3.04. The van der Waals surface area contributed by atoms with Crippen molar-refractivity contribution in [3.05, 3.63) is 65.3 Å². The highest BCUT2D eigenvalue weighted by Crippen LogP contribution is 2.17. The van der Waals surface area contributed by atoms with E-state index in [1.807, 2.05) is 50.3 Å². The zero-order valence-electron chi connectivity index (χ0n) is 10.2. The van der Waals surface area contributed by atoms with E-state index in [9.17, 15) is 0 Å². The first-order chi connectivity index (χ1) is 7.66. The lowest BCUT2D eigenvalue weighted by Gasteiger charge is -2.07. The molecular weight excluding hydrogens is 194 g/mol. The topological polar surface area (TPSA) is 26.0 Å². The van der Waals surface area contributed by atoms with Crippen LogP contribution >= 0.6 is 0 Å². The predicted molar refractivity (Wildman–Crippen MR) is 71.9 cm³/mol. The van der Waals surface area contributed by atoms with Gasteiger partial charge in [-0.2, -0.15) is 0 Å². The number of benzene rings is 1. The number of rotatable bonds is 3. The molecule has 0 aliphatic rings. The van der Waals surface area contributed by atoms with Gasteiger partial charge in [0, 0.05) is 11.3 Å². The van der Waals surface area contributed by atoms with Crippen LogP contribution in [0.15, 0.2) is 54.1 Å². The molecule has 0 radical (unpaired) electrons. The second-order valence-corrected chi connectivity index (χ2v) is 3.80. The molecule has 0 unspecified atom stereocenters. The second-order valence-electron chi connectivity index (χ2n) is 3.80. The van der Waals surface area contributed by atoms with E-state index in [4.69, 9.17) is 5.73 Å². The van der Waals surface area contributed by atoms with Gasteiger partial charge in [0.2, 0.25) is 0 Å². The lowest BCUT2D eigenvalue weighted by molar-refractivity contribution is 1.35. The van der Waals surface area contributed by atoms with Crippen molar-refractivity contribution in [2.45, 2.75) is 20.8 Å². The van der Waals surface area contributed by atoms with Crippen LogP contribution in [0.25, 0.3) is 5.70 Å². The summed E-state index contributed by atoms with van der Waals surface area (Å²) in [7, 11) is 0. The summed E-state index contributed by atoms with van der Waals surface area (Å²) >= 11 is 0. The summed E-state index contributed by atoms with van der Waals surface area (Å²) in [6.07, 6.45) is 8.02. The molecule has 0 aliphatic heterocycles. The first-order valence-corrected chi connectivity index (χ1v) is 5.48. The Morgan fingerprint density at radius 1 is 1.19 bits per heavy atom. The first-order valence-electron chi connectivity index (χ1n) is 5.48. The summed E-state index contributed by atoms with van der Waals surface area (Å²) in [6, 6.07) is 8.16. The maximum Gasteiger partial charge on any atom is 0.0420 e. The van der Waals surface area contributed by atoms with Gasteiger partial charge in [-0.15, -0.1) is 0 Å². The van der Waals surface area contributed by atoms with Crippen LogP contribution in [0.1, 0.15) is 25.0 Å². The Kier molecular flexibility index (Phi) is 4.59. The second kappa shape index (κ2) is 5.96. The van der Waals surface area contributed by atoms with E-state index in [2.05, 4.69) is 19.1 Å². The van der Waals surface area contributed by atoms with E-state index < -0.39 is 0 Å². The SMILES string of the molecule is C\C=C/C=C\C(C)=C(\N)c1ccccc1C. The van der Waals surface area contributed by atoms with E-state index in [1.165, 1.54) is 5.56 Å². The molecule has 1 heteroatoms. The average Bonchev–Trinajstić information content (AvgIpc) is 2.29. The van der Waals surface area contributed by atoms with Gasteiger partial charge in [-0.05, 0) is 31.9 Å². The Morgan fingerprint density at radius 2 is 1.88 bits per heavy atom. The molecular formula is C15H19N. The number of nitrogens with two attached hydrogens (primary N) is 1. The third kappa shape index (κ3) is 3.13. The van der Waals surface area contributed by atoms with E-state index in [0.717, 1.165) is 16.8 Å². The van der Waals surface area contributed by atoms with Crippen molar-refractivity contribution in [2.75, 3.05) is 0 Å². The Labute approximate surface area is 98.0 Å². The maximum absolute atomic E-state index is 6.13. The van der Waals surface area contributed by atoms with Crippen molar-refractivity contribution >= 4 is 5.70 Å². The molecule has 0 atom stereocenters. The standard InChI is InChI=1S/C15H19N/c1-4-5-6-10-13(3)15(16)14-11-8-7-9-12(14)2/h4-11H,16H2,1-3H3/b5-4-,10-6-,15-13+. The highest BCUT2D eigenvalue weighted by molar-refractivity contribution is 5.69. The van der Waals surface area contributed by atoms with Crippen LogP contribution in [-0.2, 0) is 0 Å². The lowest BCUT2D eigenvalue weighted by Crippen LogP contribution is -2.00. The summed E-state index contributed by atoms with van der Waals surface area (Å²) in [6.45, 7) is 6.10. The van der Waals surface area contributed by atoms with Gasteiger partial charge >= 0.3 is 0 Å². The summed E-state index contributed by atoms with van der Waals surface area (Å²) in [5.41, 5.74) is 10.4. The van der Waals surface area contributed by atoms with Crippen LogP contribution in [0.5, 0.6) is 0 Å². The number of hydrogen-bond donors (Lipinski definition) is 1. The fourth-order valence-electron chi connectivity index (χ4n) is 1.49. The van der Waals surface area contributed by atoms with Gasteiger partial charge < -0.3 is 5.73 Å². The molecule has 1 aromatic carbocycles. The van der Waals surface area contributed by atoms with Crippen molar-refractivity contribution < 1.29 is 0 Å². The van der Waals surface area contributed by atoms with Crippen LogP contribution in [-0.4, -0.2) is 0 Å². The predicted octanol–water partition coefficient (Wildman–Crippen LogP) is 3.82. The van der Waals surface area contributed by atoms with Crippen molar-refractivity contribution in [1.82, 2.24) is 0 Å². The van der Waals surface area contributed by atoms with Crippen LogP contribution in [0.2, 0.25) is 0 Å². The quantitative estimate of drug-likeness (QED) is 0.759. The van der Waals surface area contributed by atoms with Gasteiger partial charge in [0.1, 0.15) is 0 Å². The van der Waals surface area contributed by atoms with Gasteiger partial charge in [-0.1, -0.05) is 48.6 Å². The monoisotopic (exact) mass is 213 g/mol. The van der Waals surface area contributed by atoms with E-state index in [-0.39, 0.29) is 0 Å². The van der Waals surface area contributed by atoms with Gasteiger partial charge in [0.15, 0.2) is 0 Å². The molecule has 1 rings (SSSR count). The summed E-state index contributed by atoms with van der Waals surface area (Å²) in [5.74, 6) is 0. The molecule has 84 valence electrons. The Bertz CT molecular complexity index is 437. The molecule has 0 bridgehead atoms. The van der Waals surface area contributed by atoms with E-state index in [1.54, 1.807) is 0 Å². The summed E-state index contributed by atoms with van der Waals surface area (Å²) in [5, 5.41) is 0. The zero-order valence-corrected chi connectivity index (χ0v) is 10.2. The minimum atomic E-state index is 0.846. The first kappa shape index (κ1) is 12.3. The Hall–Kier alpha value is -1.76. The molecule has 1 aromatic rings. The van der Waals surface area contributed by atoms with Crippen LogP contribution in [0.4, 0.5) is 0 Å². The molecule has 0 fully saturated rings. The highest BCUT2D eigenvalue weighted by atomic mass is 14.6. The van der Waals surface area contributed by atoms with Gasteiger partial charge in [0.05, 0.1) is 0 Å². The molecule has 0 saturated carbocycles. The van der Waals surface area contributed by atoms with Gasteiger partial charge in [-0.3, -0.25) is 0 Å². The van der Waals surface area contributed by atoms with Crippen LogP contribution in [0.3, 0.4) is 0 Å². The molecule has 0 aromatic heterocycles. The molecule has 2 N–H and O–H groups in total. The average molecular weight is 213 g/mol. The number of hydrogen-bond acceptors (Lipinski definition) is 1. The number of aryl methyl sites for hydroxylation is 1. The third-order valence-corrected chi connectivity index (χ3v) is 2.51. The molecule has 1 nitrogen and oxygen atoms in total. The van der Waals surface area contributed by atoms with Gasteiger partial charge in [-0.25, -0.2) is 0 Å². The zero-order chi connectivity index (χ0) is 12.0. The third-order valence-electron chi connectivity index (χ3n) is 2.51. The molecule has 0 saturated heterocycles. The minimum absolute atomic E-state index is 0.846. The molecule has 0 amide bonds. The summed E-state index contributed by atoms with van der Waals surface area (Å²) < 4.78 is 0.